The van der Waals surface area contributed by atoms with Gasteiger partial charge in [-0.25, -0.2) is 4.79 Å². The van der Waals surface area contributed by atoms with Crippen molar-refractivity contribution in [3.63, 3.8) is 0 Å². The third-order valence-electron chi connectivity index (χ3n) is 4.34. The first-order valence-electron chi connectivity index (χ1n) is 7.81. The minimum absolute atomic E-state index is 0.311. The number of aliphatic hydroxyl groups is 1. The van der Waals surface area contributed by atoms with E-state index in [1.807, 2.05) is 48.1 Å². The summed E-state index contributed by atoms with van der Waals surface area (Å²) in [6, 6.07) is 7.30. The average molecular weight is 373 g/mol. The Morgan fingerprint density at radius 3 is 2.28 bits per heavy atom. The molecule has 1 unspecified atom stereocenters. The fourth-order valence-electron chi connectivity index (χ4n) is 3.13. The third kappa shape index (κ3) is 3.20. The molecule has 0 bridgehead atoms. The van der Waals surface area contributed by atoms with Crippen LogP contribution in [0.15, 0.2) is 24.3 Å². The van der Waals surface area contributed by atoms with Crippen LogP contribution in [0.25, 0.3) is 10.9 Å². The zero-order valence-electron chi connectivity index (χ0n) is 14.9. The van der Waals surface area contributed by atoms with E-state index in [0.717, 1.165) is 18.0 Å². The molecule has 0 saturated heterocycles. The van der Waals surface area contributed by atoms with Crippen LogP contribution in [0.1, 0.15) is 11.3 Å². The van der Waals surface area contributed by atoms with Crippen LogP contribution in [-0.2, 0) is 16.0 Å². The fourth-order valence-corrected chi connectivity index (χ4v) is 5.11. The maximum absolute atomic E-state index is 13.5. The molecule has 2 rings (SSSR count). The lowest BCUT2D eigenvalue weighted by atomic mass is 9.95. The quantitative estimate of drug-likeness (QED) is 0.658. The maximum atomic E-state index is 13.5. The molecule has 4 nitrogen and oxygen atoms in total. The Kier molecular flexibility index (Phi) is 4.82. The zero-order chi connectivity index (χ0) is 19.2. The van der Waals surface area contributed by atoms with Gasteiger partial charge in [0.1, 0.15) is 0 Å². The number of carbonyl (C=O) groups excluding carboxylic acids is 1. The Bertz CT molecular complexity index is 808. The maximum Gasteiger partial charge on any atom is 0.428 e. The highest BCUT2D eigenvalue weighted by molar-refractivity contribution is 6.75. The van der Waals surface area contributed by atoms with Gasteiger partial charge in [0.15, 0.2) is 8.24 Å². The molecule has 1 aromatic heterocycles. The predicted molar refractivity (Wildman–Crippen MR) is 92.1 cm³/mol. The first kappa shape index (κ1) is 19.5. The van der Waals surface area contributed by atoms with Crippen molar-refractivity contribution in [2.75, 3.05) is 7.11 Å². The number of hydrogen-bond donors (Lipinski definition) is 1. The molecule has 1 N–H and O–H groups in total. The molecule has 0 radical (unpaired) electrons. The van der Waals surface area contributed by atoms with Crippen LogP contribution < -0.4 is 0 Å². The van der Waals surface area contributed by atoms with E-state index in [4.69, 9.17) is 0 Å². The molecular weight excluding hydrogens is 351 g/mol. The van der Waals surface area contributed by atoms with Crippen LogP contribution in [0.4, 0.5) is 13.2 Å². The number of aryl methyl sites for hydroxylation is 1. The minimum Gasteiger partial charge on any atom is -0.467 e. The number of aromatic nitrogens is 1. The standard InChI is InChI=1S/C17H22F3NO3Si/c1-11-12-8-6-7-9-13(12)21(25(3,4)5)14(11)10-16(23,15(22)24-2)17(18,19)20/h6-9,23H,10H2,1-5H3. The van der Waals surface area contributed by atoms with Gasteiger partial charge in [-0.2, -0.15) is 13.2 Å². The lowest BCUT2D eigenvalue weighted by molar-refractivity contribution is -0.261. The summed E-state index contributed by atoms with van der Waals surface area (Å²) in [6.07, 6.45) is -6.03. The van der Waals surface area contributed by atoms with E-state index in [2.05, 4.69) is 4.74 Å². The summed E-state index contributed by atoms with van der Waals surface area (Å²) in [6.45, 7) is 7.69. The number of hydrogen-bond acceptors (Lipinski definition) is 3. The molecule has 2 aromatic rings. The van der Waals surface area contributed by atoms with Crippen molar-refractivity contribution in [1.29, 1.82) is 0 Å². The normalized spacial score (nSPS) is 15.2. The van der Waals surface area contributed by atoms with Gasteiger partial charge in [-0.3, -0.25) is 0 Å². The molecular formula is C17H22F3NO3Si. The summed E-state index contributed by atoms with van der Waals surface area (Å²) in [5.74, 6) is -1.70. The number of ether oxygens (including phenoxy) is 1. The Balaban J connectivity index is 2.76. The highest BCUT2D eigenvalue weighted by atomic mass is 28.3. The molecule has 138 valence electrons. The largest absolute Gasteiger partial charge is 0.467 e. The van der Waals surface area contributed by atoms with E-state index in [0.29, 0.717) is 11.3 Å². The minimum atomic E-state index is -5.15. The van der Waals surface area contributed by atoms with Crippen molar-refractivity contribution in [3.8, 4) is 0 Å². The molecule has 25 heavy (non-hydrogen) atoms. The van der Waals surface area contributed by atoms with Crippen LogP contribution in [0.2, 0.25) is 19.6 Å². The molecule has 0 saturated carbocycles. The number of halogens is 3. The lowest BCUT2D eigenvalue weighted by Gasteiger charge is -2.31. The molecule has 1 atom stereocenters. The van der Waals surface area contributed by atoms with Crippen LogP contribution in [-0.4, -0.2) is 42.4 Å². The SMILES string of the molecule is COC(=O)C(O)(Cc1c(C)c2ccccc2n1[Si](C)(C)C)C(F)(F)F. The molecule has 1 aromatic carbocycles. The monoisotopic (exact) mass is 373 g/mol. The number of benzene rings is 1. The molecule has 0 aliphatic carbocycles. The number of carbonyl (C=O) groups is 1. The number of rotatable bonds is 4. The topological polar surface area (TPSA) is 51.5 Å². The summed E-state index contributed by atoms with van der Waals surface area (Å²) >= 11 is 0. The van der Waals surface area contributed by atoms with E-state index in [1.54, 1.807) is 6.92 Å². The van der Waals surface area contributed by atoms with Gasteiger partial charge in [-0.05, 0) is 18.6 Å². The van der Waals surface area contributed by atoms with Crippen molar-refractivity contribution >= 4 is 25.1 Å². The van der Waals surface area contributed by atoms with E-state index < -0.39 is 32.4 Å². The van der Waals surface area contributed by atoms with Crippen LogP contribution >= 0.6 is 0 Å². The van der Waals surface area contributed by atoms with Gasteiger partial charge in [0.2, 0.25) is 0 Å². The third-order valence-corrected chi connectivity index (χ3v) is 6.19. The molecule has 0 fully saturated rings. The molecule has 1 heterocycles. The van der Waals surface area contributed by atoms with Crippen LogP contribution in [0, 0.1) is 6.92 Å². The predicted octanol–water partition coefficient (Wildman–Crippen LogP) is 3.64. The van der Waals surface area contributed by atoms with Crippen molar-refractivity contribution in [3.05, 3.63) is 35.5 Å². The van der Waals surface area contributed by atoms with Crippen molar-refractivity contribution in [2.24, 2.45) is 0 Å². The van der Waals surface area contributed by atoms with E-state index in [-0.39, 0.29) is 0 Å². The number of fused-ring (bicyclic) bond motifs is 1. The van der Waals surface area contributed by atoms with Crippen molar-refractivity contribution < 1.29 is 27.8 Å². The van der Waals surface area contributed by atoms with E-state index in [1.165, 1.54) is 0 Å². The van der Waals surface area contributed by atoms with Gasteiger partial charge in [0.25, 0.3) is 5.60 Å². The Morgan fingerprint density at radius 1 is 1.24 bits per heavy atom. The number of esters is 1. The first-order chi connectivity index (χ1) is 11.3. The second-order valence-corrected chi connectivity index (χ2v) is 11.9. The van der Waals surface area contributed by atoms with Crippen molar-refractivity contribution in [1.82, 2.24) is 4.23 Å². The molecule has 0 aliphatic rings. The van der Waals surface area contributed by atoms with E-state index >= 15 is 0 Å². The number of alkyl halides is 3. The van der Waals surface area contributed by atoms with Crippen LogP contribution in [0.5, 0.6) is 0 Å². The Morgan fingerprint density at radius 2 is 1.80 bits per heavy atom. The summed E-state index contributed by atoms with van der Waals surface area (Å²) in [5, 5.41) is 11.0. The first-order valence-corrected chi connectivity index (χ1v) is 11.3. The number of para-hydroxylation sites is 1. The Labute approximate surface area is 145 Å². The van der Waals surface area contributed by atoms with Gasteiger partial charge in [-0.15, -0.1) is 0 Å². The number of nitrogens with zero attached hydrogens (tertiary/aromatic N) is 1. The van der Waals surface area contributed by atoms with Crippen molar-refractivity contribution in [2.45, 2.75) is 44.8 Å². The van der Waals surface area contributed by atoms with Gasteiger partial charge in [0.05, 0.1) is 7.11 Å². The average Bonchev–Trinajstić information content (AvgIpc) is 2.78. The van der Waals surface area contributed by atoms with E-state index in [9.17, 15) is 23.1 Å². The molecule has 0 aliphatic heterocycles. The Hall–Kier alpha value is -1.80. The summed E-state index contributed by atoms with van der Waals surface area (Å²) in [4.78, 5) is 11.8. The van der Waals surface area contributed by atoms with Crippen LogP contribution in [0.3, 0.4) is 0 Å². The summed E-state index contributed by atoms with van der Waals surface area (Å²) in [5.41, 5.74) is -1.84. The zero-order valence-corrected chi connectivity index (χ0v) is 15.9. The summed E-state index contributed by atoms with van der Waals surface area (Å²) < 4.78 is 46.6. The second kappa shape index (κ2) is 6.17. The fraction of sp³-hybridized carbons (Fsp3) is 0.471. The highest BCUT2D eigenvalue weighted by Gasteiger charge is 2.61. The van der Waals surface area contributed by atoms with Gasteiger partial charge in [0, 0.05) is 23.0 Å². The smallest absolute Gasteiger partial charge is 0.428 e. The molecule has 0 amide bonds. The molecule has 0 spiro atoms. The second-order valence-electron chi connectivity index (χ2n) is 7.12. The lowest BCUT2D eigenvalue weighted by Crippen LogP contribution is -2.55. The number of methoxy groups -OCH3 is 1. The van der Waals surface area contributed by atoms with Gasteiger partial charge >= 0.3 is 12.1 Å². The summed E-state index contributed by atoms with van der Waals surface area (Å²) in [7, 11) is -1.31. The van der Waals surface area contributed by atoms with Gasteiger partial charge < -0.3 is 14.1 Å². The van der Waals surface area contributed by atoms with Gasteiger partial charge in [-0.1, -0.05) is 37.8 Å². The highest BCUT2D eigenvalue weighted by Crippen LogP contribution is 2.38. The molecule has 8 heteroatoms.